The molecule has 0 atom stereocenters. The van der Waals surface area contributed by atoms with Gasteiger partial charge < -0.3 is 26.1 Å². The van der Waals surface area contributed by atoms with Crippen molar-refractivity contribution < 1.29 is 9.96 Å². The largest absolute Gasteiger partial charge is 0.628 e. The van der Waals surface area contributed by atoms with Gasteiger partial charge in [-0.3, -0.25) is 0 Å². The number of ether oxygens (including phenoxy) is 1. The van der Waals surface area contributed by atoms with Crippen molar-refractivity contribution in [2.75, 3.05) is 12.8 Å². The van der Waals surface area contributed by atoms with E-state index in [4.69, 9.17) is 10.5 Å². The second kappa shape index (κ2) is 3.40. The Labute approximate surface area is 69.5 Å². The molecular weight excluding hydrogens is 160 g/mol. The number of nitrogens with one attached hydrogen (secondary N) is 1. The van der Waals surface area contributed by atoms with Gasteiger partial charge in [-0.05, 0) is 12.1 Å². The molecule has 1 aromatic rings. The van der Waals surface area contributed by atoms with Crippen LogP contribution >= 0.6 is 0 Å². The number of benzene rings is 1. The average Bonchev–Trinajstić information content (AvgIpc) is 2.05. The van der Waals surface area contributed by atoms with Gasteiger partial charge in [-0.1, -0.05) is 0 Å². The fourth-order valence-corrected chi connectivity index (χ4v) is 0.839. The summed E-state index contributed by atoms with van der Waals surface area (Å²) < 4.78 is 4.81. The molecule has 0 spiro atoms. The molecular formula is C7H9N2O3-. The van der Waals surface area contributed by atoms with Gasteiger partial charge in [0.2, 0.25) is 0 Å². The minimum absolute atomic E-state index is 0.0469. The third kappa shape index (κ3) is 1.65. The van der Waals surface area contributed by atoms with Crippen molar-refractivity contribution in [3.8, 4) is 5.75 Å². The number of hydrogen-bond donors (Lipinski definition) is 2. The van der Waals surface area contributed by atoms with Crippen LogP contribution in [0.4, 0.5) is 11.4 Å². The summed E-state index contributed by atoms with van der Waals surface area (Å²) in [4.78, 5) is 0. The van der Waals surface area contributed by atoms with Gasteiger partial charge in [-0.2, -0.15) is 0 Å². The van der Waals surface area contributed by atoms with Crippen LogP contribution in [-0.2, 0) is 0 Å². The van der Waals surface area contributed by atoms with E-state index in [0.717, 1.165) is 0 Å². The Bertz CT molecular complexity index is 275. The number of hydrogen-bond acceptors (Lipinski definition) is 4. The third-order valence-electron chi connectivity index (χ3n) is 1.48. The van der Waals surface area contributed by atoms with Crippen LogP contribution in [0.1, 0.15) is 0 Å². The molecule has 0 bridgehead atoms. The molecule has 66 valence electrons. The first-order chi connectivity index (χ1) is 5.65. The molecule has 3 N–H and O–H groups in total. The first-order valence-electron chi connectivity index (χ1n) is 3.30. The Hall–Kier alpha value is -1.30. The maximum Gasteiger partial charge on any atom is 0.158 e. The van der Waals surface area contributed by atoms with E-state index < -0.39 is 5.23 Å². The van der Waals surface area contributed by atoms with Crippen LogP contribution in [0.15, 0.2) is 18.2 Å². The van der Waals surface area contributed by atoms with Gasteiger partial charge in [0.25, 0.3) is 0 Å². The summed E-state index contributed by atoms with van der Waals surface area (Å²) in [5.74, 6) is 0.448. The molecule has 5 nitrogen and oxygen atoms in total. The molecule has 0 aliphatic rings. The van der Waals surface area contributed by atoms with Crippen LogP contribution in [0.25, 0.3) is 0 Å². The zero-order valence-electron chi connectivity index (χ0n) is 6.53. The van der Waals surface area contributed by atoms with E-state index in [-0.39, 0.29) is 11.4 Å². The summed E-state index contributed by atoms with van der Waals surface area (Å²) in [6, 6.07) is 4.37. The standard InChI is InChI=1S/C7H9N2O3/c1-12-5-2-3-6(8)7(4-5)9(10)11/h2-4,9H,8H2,1H3/q-1. The average molecular weight is 169 g/mol. The lowest BCUT2D eigenvalue weighted by atomic mass is 10.2. The van der Waals surface area contributed by atoms with E-state index in [1.54, 1.807) is 6.07 Å². The topological polar surface area (TPSA) is 85.8 Å². The predicted molar refractivity (Wildman–Crippen MR) is 44.8 cm³/mol. The lowest BCUT2D eigenvalue weighted by Gasteiger charge is -2.26. The third-order valence-corrected chi connectivity index (χ3v) is 1.48. The molecule has 0 saturated carbocycles. The summed E-state index contributed by atoms with van der Waals surface area (Å²) in [5, 5.41) is 19.6. The highest BCUT2D eigenvalue weighted by molar-refractivity contribution is 5.60. The Morgan fingerprint density at radius 3 is 2.58 bits per heavy atom. The second-order valence-corrected chi connectivity index (χ2v) is 2.24. The number of methoxy groups -OCH3 is 1. The first kappa shape index (κ1) is 8.79. The van der Waals surface area contributed by atoms with Crippen molar-refractivity contribution in [3.63, 3.8) is 0 Å². The molecule has 1 aromatic carbocycles. The predicted octanol–water partition coefficient (Wildman–Crippen LogP) is -0.211. The van der Waals surface area contributed by atoms with Crippen molar-refractivity contribution in [1.82, 2.24) is 0 Å². The van der Waals surface area contributed by atoms with Gasteiger partial charge in [0.15, 0.2) is 5.69 Å². The highest BCUT2D eigenvalue weighted by Crippen LogP contribution is 2.20. The minimum Gasteiger partial charge on any atom is -0.628 e. The lowest BCUT2D eigenvalue weighted by Crippen LogP contribution is -2.96. The van der Waals surface area contributed by atoms with Crippen molar-refractivity contribution in [3.05, 3.63) is 28.6 Å². The molecule has 0 amide bonds. The zero-order chi connectivity index (χ0) is 9.14. The van der Waals surface area contributed by atoms with Crippen molar-refractivity contribution in [2.24, 2.45) is 0 Å². The Morgan fingerprint density at radius 1 is 1.42 bits per heavy atom. The van der Waals surface area contributed by atoms with Crippen LogP contribution in [0.2, 0.25) is 0 Å². The molecule has 0 aliphatic carbocycles. The summed E-state index contributed by atoms with van der Waals surface area (Å²) in [6.45, 7) is 0. The van der Waals surface area contributed by atoms with Gasteiger partial charge >= 0.3 is 0 Å². The van der Waals surface area contributed by atoms with E-state index in [0.29, 0.717) is 5.75 Å². The molecule has 5 heteroatoms. The smallest absolute Gasteiger partial charge is 0.158 e. The van der Waals surface area contributed by atoms with E-state index in [1.165, 1.54) is 19.2 Å². The van der Waals surface area contributed by atoms with Crippen LogP contribution in [0.5, 0.6) is 5.75 Å². The molecule has 0 heterocycles. The fraction of sp³-hybridized carbons (Fsp3) is 0.143. The van der Waals surface area contributed by atoms with Crippen LogP contribution < -0.4 is 15.7 Å². The van der Waals surface area contributed by atoms with E-state index in [1.807, 2.05) is 0 Å². The Kier molecular flexibility index (Phi) is 2.49. The summed E-state index contributed by atoms with van der Waals surface area (Å²) in [6.07, 6.45) is 0. The summed E-state index contributed by atoms with van der Waals surface area (Å²) >= 11 is 0. The first-order valence-corrected chi connectivity index (χ1v) is 3.30. The molecule has 0 aliphatic heterocycles. The highest BCUT2D eigenvalue weighted by Gasteiger charge is 2.02. The quantitative estimate of drug-likeness (QED) is 0.473. The number of anilines is 1. The van der Waals surface area contributed by atoms with Crippen LogP contribution in [-0.4, -0.2) is 7.11 Å². The normalized spacial score (nSPS) is 10.3. The molecule has 0 unspecified atom stereocenters. The van der Waals surface area contributed by atoms with Gasteiger partial charge in [-0.15, -0.1) is 0 Å². The van der Waals surface area contributed by atoms with Gasteiger partial charge in [0.05, 0.1) is 12.8 Å². The van der Waals surface area contributed by atoms with Crippen molar-refractivity contribution in [2.45, 2.75) is 0 Å². The van der Waals surface area contributed by atoms with Gasteiger partial charge in [0.1, 0.15) is 5.75 Å². The van der Waals surface area contributed by atoms with Gasteiger partial charge in [-0.25, -0.2) is 0 Å². The maximum atomic E-state index is 10.4. The van der Waals surface area contributed by atoms with Gasteiger partial charge in [0, 0.05) is 6.07 Å². The second-order valence-electron chi connectivity index (χ2n) is 2.24. The van der Waals surface area contributed by atoms with E-state index in [9.17, 15) is 10.4 Å². The van der Waals surface area contributed by atoms with Crippen LogP contribution in [0.3, 0.4) is 0 Å². The van der Waals surface area contributed by atoms with Crippen LogP contribution in [0, 0.1) is 10.4 Å². The molecule has 0 fully saturated rings. The SMILES string of the molecule is COc1ccc(N)c([NH+]([O-])[O-])c1. The van der Waals surface area contributed by atoms with E-state index >= 15 is 0 Å². The fourth-order valence-electron chi connectivity index (χ4n) is 0.839. The Morgan fingerprint density at radius 2 is 2.08 bits per heavy atom. The monoisotopic (exact) mass is 169 g/mol. The number of quaternary nitrogens is 1. The molecule has 0 saturated heterocycles. The zero-order valence-corrected chi connectivity index (χ0v) is 6.53. The molecule has 0 radical (unpaired) electrons. The van der Waals surface area contributed by atoms with Crippen molar-refractivity contribution >= 4 is 11.4 Å². The number of nitrogen functional groups attached to an aromatic ring is 1. The summed E-state index contributed by atoms with van der Waals surface area (Å²) in [7, 11) is 1.45. The lowest BCUT2D eigenvalue weighted by molar-refractivity contribution is -0.714. The van der Waals surface area contributed by atoms with Crippen molar-refractivity contribution in [1.29, 1.82) is 0 Å². The number of rotatable bonds is 2. The number of nitrogens with two attached hydrogens (primary N) is 1. The highest BCUT2D eigenvalue weighted by atomic mass is 16.8. The molecule has 1 rings (SSSR count). The summed E-state index contributed by atoms with van der Waals surface area (Å²) in [5.41, 5.74) is 5.50. The van der Waals surface area contributed by atoms with E-state index in [2.05, 4.69) is 0 Å². The molecule has 12 heavy (non-hydrogen) atoms. The maximum absolute atomic E-state index is 10.4. The molecule has 0 aromatic heterocycles. The minimum atomic E-state index is -1.30. The Balaban J connectivity index is 3.08.